The highest BCUT2D eigenvalue weighted by Crippen LogP contribution is 2.19. The normalized spacial score (nSPS) is 10.4. The van der Waals surface area contributed by atoms with Gasteiger partial charge in [0.1, 0.15) is 0 Å². The number of hydrogen-bond donors (Lipinski definition) is 1. The van der Waals surface area contributed by atoms with Gasteiger partial charge in [0.15, 0.2) is 5.82 Å². The van der Waals surface area contributed by atoms with E-state index in [2.05, 4.69) is 46.9 Å². The summed E-state index contributed by atoms with van der Waals surface area (Å²) in [6.07, 6.45) is 5.05. The SMILES string of the molecule is Nc1ncc(Br)c(-n2cc(Br)cn2)n1. The van der Waals surface area contributed by atoms with E-state index < -0.39 is 0 Å². The van der Waals surface area contributed by atoms with Gasteiger partial charge in [0.2, 0.25) is 5.95 Å². The molecule has 2 heterocycles. The zero-order valence-electron chi connectivity index (χ0n) is 6.85. The number of rotatable bonds is 1. The second-order valence-electron chi connectivity index (χ2n) is 2.50. The van der Waals surface area contributed by atoms with Crippen molar-refractivity contribution in [2.24, 2.45) is 0 Å². The average molecular weight is 319 g/mol. The molecular weight excluding hydrogens is 314 g/mol. The van der Waals surface area contributed by atoms with Gasteiger partial charge in [0.25, 0.3) is 0 Å². The Balaban J connectivity index is 2.55. The highest BCUT2D eigenvalue weighted by molar-refractivity contribution is 9.10. The fourth-order valence-electron chi connectivity index (χ4n) is 0.949. The van der Waals surface area contributed by atoms with E-state index in [1.54, 1.807) is 23.3 Å². The lowest BCUT2D eigenvalue weighted by Crippen LogP contribution is -2.03. The fraction of sp³-hybridized carbons (Fsp3) is 0. The van der Waals surface area contributed by atoms with Crippen molar-refractivity contribution < 1.29 is 0 Å². The van der Waals surface area contributed by atoms with Crippen LogP contribution in [0.2, 0.25) is 0 Å². The molecule has 0 fully saturated rings. The van der Waals surface area contributed by atoms with Gasteiger partial charge in [-0.1, -0.05) is 0 Å². The first kappa shape index (κ1) is 9.60. The summed E-state index contributed by atoms with van der Waals surface area (Å²) in [6.45, 7) is 0. The molecule has 0 aliphatic heterocycles. The maximum absolute atomic E-state index is 5.48. The van der Waals surface area contributed by atoms with Crippen LogP contribution in [-0.4, -0.2) is 19.7 Å². The fourth-order valence-corrected chi connectivity index (χ4v) is 1.61. The molecule has 0 saturated heterocycles. The Morgan fingerprint density at radius 3 is 2.71 bits per heavy atom. The molecule has 5 nitrogen and oxygen atoms in total. The average Bonchev–Trinajstić information content (AvgIpc) is 2.56. The van der Waals surface area contributed by atoms with Crippen LogP contribution in [-0.2, 0) is 0 Å². The van der Waals surface area contributed by atoms with Crippen molar-refractivity contribution in [1.29, 1.82) is 0 Å². The zero-order chi connectivity index (χ0) is 10.1. The summed E-state index contributed by atoms with van der Waals surface area (Å²) in [5.41, 5.74) is 5.48. The Labute approximate surface area is 96.6 Å². The van der Waals surface area contributed by atoms with Crippen molar-refractivity contribution in [1.82, 2.24) is 19.7 Å². The minimum Gasteiger partial charge on any atom is -0.368 e. The third kappa shape index (κ3) is 1.78. The molecule has 2 rings (SSSR count). The predicted octanol–water partition coefficient (Wildman–Crippen LogP) is 1.77. The molecule has 2 N–H and O–H groups in total. The molecule has 0 saturated carbocycles. The molecule has 14 heavy (non-hydrogen) atoms. The lowest BCUT2D eigenvalue weighted by Gasteiger charge is -2.02. The highest BCUT2D eigenvalue weighted by Gasteiger charge is 2.06. The quantitative estimate of drug-likeness (QED) is 0.870. The van der Waals surface area contributed by atoms with Crippen molar-refractivity contribution in [3.8, 4) is 5.82 Å². The van der Waals surface area contributed by atoms with Gasteiger partial charge in [-0.3, -0.25) is 0 Å². The second kappa shape index (κ2) is 3.66. The molecule has 0 spiro atoms. The van der Waals surface area contributed by atoms with Crippen LogP contribution in [0.25, 0.3) is 5.82 Å². The Hall–Kier alpha value is -0.950. The summed E-state index contributed by atoms with van der Waals surface area (Å²) >= 11 is 6.62. The van der Waals surface area contributed by atoms with E-state index in [9.17, 15) is 0 Å². The van der Waals surface area contributed by atoms with Crippen LogP contribution in [0.3, 0.4) is 0 Å². The molecule has 0 aliphatic carbocycles. The van der Waals surface area contributed by atoms with E-state index >= 15 is 0 Å². The summed E-state index contributed by atoms with van der Waals surface area (Å²) in [6, 6.07) is 0. The monoisotopic (exact) mass is 317 g/mol. The zero-order valence-corrected chi connectivity index (χ0v) is 10.0. The molecule has 0 atom stereocenters. The van der Waals surface area contributed by atoms with E-state index in [0.717, 1.165) is 8.95 Å². The van der Waals surface area contributed by atoms with E-state index in [4.69, 9.17) is 5.73 Å². The summed E-state index contributed by atoms with van der Waals surface area (Å²) in [5, 5.41) is 4.08. The second-order valence-corrected chi connectivity index (χ2v) is 4.27. The first-order valence-corrected chi connectivity index (χ1v) is 5.24. The van der Waals surface area contributed by atoms with Crippen molar-refractivity contribution in [2.75, 3.05) is 5.73 Å². The molecule has 0 aliphatic rings. The third-order valence-corrected chi connectivity index (χ3v) is 2.48. The number of hydrogen-bond acceptors (Lipinski definition) is 4. The molecule has 0 bridgehead atoms. The maximum Gasteiger partial charge on any atom is 0.222 e. The van der Waals surface area contributed by atoms with Gasteiger partial charge < -0.3 is 5.73 Å². The molecule has 72 valence electrons. The standard InChI is InChI=1S/C7H5Br2N5/c8-4-1-12-14(3-4)6-5(9)2-11-7(10)13-6/h1-3H,(H2,10,11,13). The minimum atomic E-state index is 0.217. The summed E-state index contributed by atoms with van der Waals surface area (Å²) < 4.78 is 3.22. The van der Waals surface area contributed by atoms with Crippen LogP contribution in [0.4, 0.5) is 5.95 Å². The molecular formula is C7H5Br2N5. The number of nitrogens with two attached hydrogens (primary N) is 1. The smallest absolute Gasteiger partial charge is 0.222 e. The first-order chi connectivity index (χ1) is 6.66. The predicted molar refractivity (Wildman–Crippen MR) is 59.0 cm³/mol. The number of nitrogen functional groups attached to an aromatic ring is 1. The van der Waals surface area contributed by atoms with Crippen LogP contribution in [0.1, 0.15) is 0 Å². The van der Waals surface area contributed by atoms with Gasteiger partial charge >= 0.3 is 0 Å². The maximum atomic E-state index is 5.48. The van der Waals surface area contributed by atoms with Crippen molar-refractivity contribution in [3.05, 3.63) is 27.5 Å². The largest absolute Gasteiger partial charge is 0.368 e. The number of aromatic nitrogens is 4. The van der Waals surface area contributed by atoms with Crippen LogP contribution in [0.5, 0.6) is 0 Å². The molecule has 2 aromatic rings. The van der Waals surface area contributed by atoms with Crippen molar-refractivity contribution in [3.63, 3.8) is 0 Å². The van der Waals surface area contributed by atoms with E-state index in [1.165, 1.54) is 0 Å². The van der Waals surface area contributed by atoms with Gasteiger partial charge in [-0.25, -0.2) is 9.67 Å². The lowest BCUT2D eigenvalue weighted by atomic mass is 10.6. The van der Waals surface area contributed by atoms with Crippen LogP contribution < -0.4 is 5.73 Å². The minimum absolute atomic E-state index is 0.217. The Morgan fingerprint density at radius 1 is 1.29 bits per heavy atom. The van der Waals surface area contributed by atoms with E-state index in [1.807, 2.05) is 0 Å². The summed E-state index contributed by atoms with van der Waals surface area (Å²) in [7, 11) is 0. The van der Waals surface area contributed by atoms with Crippen molar-refractivity contribution >= 4 is 37.8 Å². The summed E-state index contributed by atoms with van der Waals surface area (Å²) in [5.74, 6) is 0.832. The molecule has 0 radical (unpaired) electrons. The lowest BCUT2D eigenvalue weighted by molar-refractivity contribution is 0.836. The van der Waals surface area contributed by atoms with Crippen LogP contribution in [0.15, 0.2) is 27.5 Å². The number of anilines is 1. The molecule has 0 unspecified atom stereocenters. The van der Waals surface area contributed by atoms with Crippen molar-refractivity contribution in [2.45, 2.75) is 0 Å². The van der Waals surface area contributed by atoms with Crippen LogP contribution in [0, 0.1) is 0 Å². The summed E-state index contributed by atoms with van der Waals surface area (Å²) in [4.78, 5) is 7.89. The molecule has 7 heteroatoms. The van der Waals surface area contributed by atoms with E-state index in [-0.39, 0.29) is 5.95 Å². The van der Waals surface area contributed by atoms with Gasteiger partial charge in [0.05, 0.1) is 15.1 Å². The topological polar surface area (TPSA) is 69.6 Å². The third-order valence-electron chi connectivity index (χ3n) is 1.51. The Morgan fingerprint density at radius 2 is 2.07 bits per heavy atom. The highest BCUT2D eigenvalue weighted by atomic mass is 79.9. The first-order valence-electron chi connectivity index (χ1n) is 3.65. The number of halogens is 2. The molecule has 0 amide bonds. The van der Waals surface area contributed by atoms with Gasteiger partial charge in [0, 0.05) is 12.4 Å². The molecule has 2 aromatic heterocycles. The Kier molecular flexibility index (Phi) is 2.51. The van der Waals surface area contributed by atoms with Crippen LogP contribution >= 0.6 is 31.9 Å². The van der Waals surface area contributed by atoms with Gasteiger partial charge in [-0.15, -0.1) is 0 Å². The van der Waals surface area contributed by atoms with Gasteiger partial charge in [-0.05, 0) is 31.9 Å². The van der Waals surface area contributed by atoms with Gasteiger partial charge in [-0.2, -0.15) is 10.1 Å². The Bertz CT molecular complexity index is 467. The van der Waals surface area contributed by atoms with E-state index in [0.29, 0.717) is 5.82 Å². The molecule has 0 aromatic carbocycles. The number of nitrogens with zero attached hydrogens (tertiary/aromatic N) is 4.